The van der Waals surface area contributed by atoms with E-state index in [9.17, 15) is 21.6 Å². The van der Waals surface area contributed by atoms with Gasteiger partial charge in [0.1, 0.15) is 20.0 Å². The lowest BCUT2D eigenvalue weighted by atomic mass is 10.2. The van der Waals surface area contributed by atoms with E-state index >= 15 is 0 Å². The highest BCUT2D eigenvalue weighted by Crippen LogP contribution is 2.36. The van der Waals surface area contributed by atoms with E-state index in [2.05, 4.69) is 14.0 Å². The van der Waals surface area contributed by atoms with E-state index in [1.54, 1.807) is 6.92 Å². The number of primary amides is 1. The molecule has 0 aliphatic carbocycles. The van der Waals surface area contributed by atoms with Crippen molar-refractivity contribution in [2.75, 3.05) is 24.7 Å². The fourth-order valence-corrected chi connectivity index (χ4v) is 6.96. The van der Waals surface area contributed by atoms with Gasteiger partial charge in [0.15, 0.2) is 12.4 Å². The predicted octanol–water partition coefficient (Wildman–Crippen LogP) is 3.90. The number of carbonyl (C=O) groups is 1. The molecule has 2 aromatic carbocycles. The van der Waals surface area contributed by atoms with Gasteiger partial charge in [-0.2, -0.15) is 0 Å². The number of rotatable bonds is 8. The molecule has 1 amide bonds. The van der Waals surface area contributed by atoms with Crippen LogP contribution in [-0.2, 0) is 24.8 Å². The molecule has 14 heteroatoms. The molecule has 0 spiro atoms. The second-order valence-corrected chi connectivity index (χ2v) is 12.7. The van der Waals surface area contributed by atoms with Crippen LogP contribution in [0, 0.1) is 6.92 Å². The van der Waals surface area contributed by atoms with Gasteiger partial charge in [0.25, 0.3) is 0 Å². The molecule has 0 radical (unpaired) electrons. The normalized spacial score (nSPS) is 11.4. The second-order valence-electron chi connectivity index (χ2n) is 7.43. The maximum atomic E-state index is 12.7. The number of aromatic nitrogens is 1. The van der Waals surface area contributed by atoms with Gasteiger partial charge in [-0.05, 0) is 48.9 Å². The zero-order valence-electron chi connectivity index (χ0n) is 19.5. The Hall–Kier alpha value is -2.35. The van der Waals surface area contributed by atoms with Crippen LogP contribution in [0.1, 0.15) is 5.56 Å². The van der Waals surface area contributed by atoms with Crippen molar-refractivity contribution in [2.45, 2.75) is 21.6 Å². The van der Waals surface area contributed by atoms with Gasteiger partial charge in [-0.1, -0.05) is 23.2 Å². The summed E-state index contributed by atoms with van der Waals surface area (Å²) in [5, 5.41) is 0.539. The third-order valence-corrected chi connectivity index (χ3v) is 9.60. The first-order valence-electron chi connectivity index (χ1n) is 10.1. The minimum Gasteiger partial charge on any atom is -0.428 e. The number of thioether (sulfide) groups is 1. The topological polar surface area (TPSA) is 143 Å². The van der Waals surface area contributed by atoms with Crippen LogP contribution >= 0.6 is 35.0 Å². The molecule has 194 valence electrons. The summed E-state index contributed by atoms with van der Waals surface area (Å²) in [5.41, 5.74) is 6.70. The SMILES string of the molecule is CN(C)c1cc[nH+]cc1.Cc1cc(S(=O)(=O)[N-]S(=O)(=O)c2ccc(Cl)cc2)c(SCC(N)=O)cc1Cl. The zero-order chi connectivity index (χ0) is 27.1. The van der Waals surface area contributed by atoms with Crippen LogP contribution in [0.2, 0.25) is 10.0 Å². The Morgan fingerprint density at radius 3 is 2.08 bits per heavy atom. The van der Waals surface area contributed by atoms with Gasteiger partial charge in [-0.15, -0.1) is 11.8 Å². The van der Waals surface area contributed by atoms with Crippen molar-refractivity contribution in [3.05, 3.63) is 80.7 Å². The number of nitrogens with one attached hydrogen (secondary N) is 1. The van der Waals surface area contributed by atoms with Crippen LogP contribution < -0.4 is 15.6 Å². The lowest BCUT2D eigenvalue weighted by Crippen LogP contribution is -2.14. The summed E-state index contributed by atoms with van der Waals surface area (Å²) in [5.74, 6) is -0.892. The van der Waals surface area contributed by atoms with Crippen molar-refractivity contribution < 1.29 is 26.6 Å². The number of halogens is 2. The van der Waals surface area contributed by atoms with Crippen molar-refractivity contribution >= 4 is 66.6 Å². The average molecular weight is 592 g/mol. The summed E-state index contributed by atoms with van der Waals surface area (Å²) in [6.45, 7) is 1.55. The van der Waals surface area contributed by atoms with Crippen molar-refractivity contribution in [2.24, 2.45) is 5.73 Å². The largest absolute Gasteiger partial charge is 0.428 e. The minimum atomic E-state index is -4.62. The van der Waals surface area contributed by atoms with E-state index in [0.29, 0.717) is 5.56 Å². The Morgan fingerprint density at radius 2 is 1.58 bits per heavy atom. The first-order valence-corrected chi connectivity index (χ1v) is 14.7. The van der Waals surface area contributed by atoms with E-state index in [-0.39, 0.29) is 30.5 Å². The van der Waals surface area contributed by atoms with E-state index < -0.39 is 26.0 Å². The first kappa shape index (κ1) is 29.9. The van der Waals surface area contributed by atoms with Crippen LogP contribution in [0.25, 0.3) is 4.13 Å². The Labute approximate surface area is 225 Å². The molecule has 0 unspecified atom stereocenters. The lowest BCUT2D eigenvalue weighted by molar-refractivity contribution is -0.377. The summed E-state index contributed by atoms with van der Waals surface area (Å²) in [6, 6.07) is 11.5. The number of aromatic amines is 1. The minimum absolute atomic E-state index is 0.0689. The zero-order valence-corrected chi connectivity index (χ0v) is 23.4. The van der Waals surface area contributed by atoms with Gasteiger partial charge in [0, 0.05) is 51.8 Å². The number of hydrogen-bond donors (Lipinski definition) is 1. The van der Waals surface area contributed by atoms with E-state index in [1.807, 2.05) is 38.6 Å². The van der Waals surface area contributed by atoms with E-state index in [0.717, 1.165) is 23.9 Å². The highest BCUT2D eigenvalue weighted by atomic mass is 35.5. The van der Waals surface area contributed by atoms with E-state index in [1.165, 1.54) is 30.0 Å². The Balaban J connectivity index is 0.000000425. The third-order valence-electron chi connectivity index (χ3n) is 4.40. The van der Waals surface area contributed by atoms with E-state index in [4.69, 9.17) is 28.9 Å². The number of sulfonamides is 2. The number of H-pyrrole nitrogens is 1. The van der Waals surface area contributed by atoms with Crippen molar-refractivity contribution in [1.82, 2.24) is 0 Å². The maximum absolute atomic E-state index is 12.7. The molecule has 36 heavy (non-hydrogen) atoms. The predicted molar refractivity (Wildman–Crippen MR) is 143 cm³/mol. The molecule has 0 atom stereocenters. The number of benzene rings is 2. The summed E-state index contributed by atoms with van der Waals surface area (Å²) in [6.07, 6.45) is 3.82. The number of hydrogen-bond acceptors (Lipinski definition) is 7. The van der Waals surface area contributed by atoms with Gasteiger partial charge >= 0.3 is 0 Å². The van der Waals surface area contributed by atoms with Gasteiger partial charge in [-0.3, -0.25) is 4.79 Å². The van der Waals surface area contributed by atoms with Crippen molar-refractivity contribution in [3.63, 3.8) is 0 Å². The van der Waals surface area contributed by atoms with Gasteiger partial charge in [-0.25, -0.2) is 21.8 Å². The highest BCUT2D eigenvalue weighted by Gasteiger charge is 2.19. The van der Waals surface area contributed by atoms with Crippen LogP contribution in [0.4, 0.5) is 5.69 Å². The molecule has 0 saturated heterocycles. The number of aryl methyl sites for hydroxylation is 1. The molecule has 3 N–H and O–H groups in total. The summed E-state index contributed by atoms with van der Waals surface area (Å²) < 4.78 is 53.2. The molecule has 0 aliphatic rings. The molecule has 0 bridgehead atoms. The summed E-state index contributed by atoms with van der Waals surface area (Å²) in [7, 11) is -5.08. The number of anilines is 1. The third kappa shape index (κ3) is 8.64. The number of nitrogens with zero attached hydrogens (tertiary/aromatic N) is 2. The lowest BCUT2D eigenvalue weighted by Gasteiger charge is -2.23. The molecule has 0 aliphatic heterocycles. The molecular weight excluding hydrogens is 567 g/mol. The van der Waals surface area contributed by atoms with Crippen LogP contribution in [0.15, 0.2) is 75.6 Å². The molecular formula is C22H24Cl2N4O5S3. The van der Waals surface area contributed by atoms with Crippen LogP contribution in [0.5, 0.6) is 0 Å². The van der Waals surface area contributed by atoms with Gasteiger partial charge < -0.3 is 14.8 Å². The van der Waals surface area contributed by atoms with Crippen molar-refractivity contribution in [1.29, 1.82) is 0 Å². The van der Waals surface area contributed by atoms with Gasteiger partial charge in [0.05, 0.1) is 10.6 Å². The van der Waals surface area contributed by atoms with Crippen LogP contribution in [-0.4, -0.2) is 42.6 Å². The number of pyridine rings is 1. The van der Waals surface area contributed by atoms with Crippen molar-refractivity contribution in [3.8, 4) is 0 Å². The average Bonchev–Trinajstić information content (AvgIpc) is 2.80. The Bertz CT molecular complexity index is 1420. The number of carbonyl (C=O) groups excluding carboxylic acids is 1. The molecule has 0 saturated carbocycles. The molecule has 0 fully saturated rings. The smallest absolute Gasteiger partial charge is 0.227 e. The first-order chi connectivity index (χ1) is 16.7. The Kier molecular flexibility index (Phi) is 10.6. The maximum Gasteiger partial charge on any atom is 0.227 e. The monoisotopic (exact) mass is 590 g/mol. The fraction of sp³-hybridized carbons (Fsp3) is 0.182. The fourth-order valence-electron chi connectivity index (χ4n) is 2.60. The standard InChI is InChI=1S/C15H13Cl2N2O5S3.C7H10N2/c1-9-6-14(13(7-12(9)17)25-8-15(18)20)27(23,24)19-26(21,22)11-4-2-10(16)3-5-11;1-9(2)7-3-5-8-6-4-7/h2-7H,8H2,1H3,(H2,18,20);3-6H,1-2H3/q-1;/p+1. The Morgan fingerprint density at radius 1 is 1.00 bits per heavy atom. The summed E-state index contributed by atoms with van der Waals surface area (Å²) >= 11 is 12.5. The molecule has 1 heterocycles. The molecule has 3 rings (SSSR count). The van der Waals surface area contributed by atoms with Crippen LogP contribution in [0.3, 0.4) is 0 Å². The molecule has 1 aromatic heterocycles. The number of nitrogens with two attached hydrogens (primary N) is 1. The quantitative estimate of drug-likeness (QED) is 0.392. The second kappa shape index (κ2) is 12.7. The highest BCUT2D eigenvalue weighted by molar-refractivity contribution is 8.12. The molecule has 3 aromatic rings. The number of amides is 1. The van der Waals surface area contributed by atoms with Gasteiger partial charge in [0.2, 0.25) is 5.91 Å². The summed E-state index contributed by atoms with van der Waals surface area (Å²) in [4.78, 5) is 15.4. The molecule has 9 nitrogen and oxygen atoms in total.